The molecule has 1 rings (SSSR count). The molecule has 1 aliphatic carbocycles. The second-order valence-corrected chi connectivity index (χ2v) is 3.82. The van der Waals surface area contributed by atoms with Crippen molar-refractivity contribution in [2.75, 3.05) is 0 Å². The lowest BCUT2D eigenvalue weighted by atomic mass is 9.69. The lowest BCUT2D eigenvalue weighted by Crippen LogP contribution is -2.81. The van der Waals surface area contributed by atoms with Gasteiger partial charge in [-0.1, -0.05) is 0 Å². The first-order valence-electron chi connectivity index (χ1n) is 4.36. The predicted molar refractivity (Wildman–Crippen MR) is 48.6 cm³/mol. The van der Waals surface area contributed by atoms with Crippen molar-refractivity contribution in [2.24, 2.45) is 0 Å². The molecule has 102 valence electrons. The Morgan fingerprint density at radius 2 is 1.22 bits per heavy atom. The molecule has 0 aromatic rings. The summed E-state index contributed by atoms with van der Waals surface area (Å²) in [6.45, 7) is 0. The van der Waals surface area contributed by atoms with Crippen molar-refractivity contribution in [1.29, 1.82) is 0 Å². The maximum atomic E-state index is 10.9. The van der Waals surface area contributed by atoms with E-state index in [1.54, 1.807) is 0 Å². The number of carbonyl (C=O) groups is 2. The summed E-state index contributed by atoms with van der Waals surface area (Å²) in [5, 5.41) is 73.5. The maximum Gasteiger partial charge on any atom is 0.345 e. The van der Waals surface area contributed by atoms with E-state index in [1.165, 1.54) is 0 Å². The third-order valence-corrected chi connectivity index (χ3v) is 2.76. The van der Waals surface area contributed by atoms with Crippen molar-refractivity contribution >= 4 is 11.9 Å². The second kappa shape index (κ2) is 3.47. The highest BCUT2D eigenvalue weighted by atomic mass is 16.6. The molecule has 0 aromatic carbocycles. The molecule has 0 aromatic heterocycles. The molecular formula is C8H10O10. The molecule has 0 saturated heterocycles. The average Bonchev–Trinajstić information content (AvgIpc) is 2.21. The Balaban J connectivity index is 3.70. The Hall–Kier alpha value is -1.56. The van der Waals surface area contributed by atoms with Gasteiger partial charge in [-0.05, 0) is 12.2 Å². The van der Waals surface area contributed by atoms with Crippen LogP contribution in [0.1, 0.15) is 0 Å². The molecular weight excluding hydrogens is 256 g/mol. The number of carboxylic acid groups (broad SMARTS) is 2. The molecule has 0 aliphatic heterocycles. The second-order valence-electron chi connectivity index (χ2n) is 3.82. The molecule has 2 unspecified atom stereocenters. The van der Waals surface area contributed by atoms with E-state index in [1.807, 2.05) is 0 Å². The van der Waals surface area contributed by atoms with Gasteiger partial charge in [-0.2, -0.15) is 0 Å². The number of aliphatic hydroxyl groups is 6. The Kier molecular flexibility index (Phi) is 2.80. The first-order valence-corrected chi connectivity index (χ1v) is 4.36. The quantitative estimate of drug-likeness (QED) is 0.178. The standard InChI is InChI=1S/C8H10O10/c9-3(10)5(13)1-2-6(14,15)8(17,18)7(5,16)4(11)12/h1-2,13-18H,(H,9,10)(H,11,12). The highest BCUT2D eigenvalue weighted by molar-refractivity contribution is 5.94. The summed E-state index contributed by atoms with van der Waals surface area (Å²) in [6, 6.07) is 0. The summed E-state index contributed by atoms with van der Waals surface area (Å²) in [7, 11) is 0. The van der Waals surface area contributed by atoms with Gasteiger partial charge in [0.1, 0.15) is 0 Å². The number of hydrogen-bond donors (Lipinski definition) is 8. The molecule has 10 nitrogen and oxygen atoms in total. The predicted octanol–water partition coefficient (Wildman–Crippen LogP) is -4.45. The third-order valence-electron chi connectivity index (χ3n) is 2.76. The highest BCUT2D eigenvalue weighted by Crippen LogP contribution is 2.43. The zero-order valence-corrected chi connectivity index (χ0v) is 8.55. The van der Waals surface area contributed by atoms with E-state index in [2.05, 4.69) is 0 Å². The van der Waals surface area contributed by atoms with Crippen molar-refractivity contribution in [3.05, 3.63) is 12.2 Å². The Morgan fingerprint density at radius 3 is 1.56 bits per heavy atom. The van der Waals surface area contributed by atoms with Gasteiger partial charge in [0.25, 0.3) is 11.4 Å². The Morgan fingerprint density at radius 1 is 0.778 bits per heavy atom. The zero-order chi connectivity index (χ0) is 14.6. The van der Waals surface area contributed by atoms with Crippen molar-refractivity contribution in [3.63, 3.8) is 0 Å². The Bertz CT molecular complexity index is 437. The molecule has 2 atom stereocenters. The van der Waals surface area contributed by atoms with Crippen molar-refractivity contribution in [3.8, 4) is 0 Å². The van der Waals surface area contributed by atoms with Gasteiger partial charge in [0.15, 0.2) is 0 Å². The van der Waals surface area contributed by atoms with Gasteiger partial charge in [0.2, 0.25) is 11.4 Å². The first-order chi connectivity index (χ1) is 7.84. The summed E-state index contributed by atoms with van der Waals surface area (Å²) in [6.07, 6.45) is 0.0483. The molecule has 0 radical (unpaired) electrons. The molecule has 18 heavy (non-hydrogen) atoms. The van der Waals surface area contributed by atoms with Crippen molar-refractivity contribution in [1.82, 2.24) is 0 Å². The molecule has 10 heteroatoms. The van der Waals surface area contributed by atoms with E-state index in [9.17, 15) is 30.0 Å². The SMILES string of the molecule is O=C(O)C1(O)C=CC(O)(O)C(O)(O)C1(O)C(=O)O. The van der Waals surface area contributed by atoms with Gasteiger partial charge in [0, 0.05) is 0 Å². The first kappa shape index (κ1) is 14.5. The molecule has 0 bridgehead atoms. The van der Waals surface area contributed by atoms with E-state index in [0.717, 1.165) is 0 Å². The molecule has 0 amide bonds. The van der Waals surface area contributed by atoms with Crippen LogP contribution >= 0.6 is 0 Å². The summed E-state index contributed by atoms with van der Waals surface area (Å²) in [5.74, 6) is -12.9. The minimum atomic E-state index is -4.28. The third kappa shape index (κ3) is 1.32. The van der Waals surface area contributed by atoms with E-state index in [0.29, 0.717) is 0 Å². The van der Waals surface area contributed by atoms with Gasteiger partial charge in [0.05, 0.1) is 0 Å². The van der Waals surface area contributed by atoms with Crippen LogP contribution in [0.15, 0.2) is 12.2 Å². The van der Waals surface area contributed by atoms with Gasteiger partial charge in [-0.15, -0.1) is 0 Å². The summed E-state index contributed by atoms with van der Waals surface area (Å²) in [4.78, 5) is 21.6. The van der Waals surface area contributed by atoms with Crippen LogP contribution in [0.2, 0.25) is 0 Å². The fraction of sp³-hybridized carbons (Fsp3) is 0.500. The number of aliphatic carboxylic acids is 2. The van der Waals surface area contributed by atoms with Crippen molar-refractivity contribution < 1.29 is 50.4 Å². The van der Waals surface area contributed by atoms with Gasteiger partial charge in [-0.25, -0.2) is 9.59 Å². The van der Waals surface area contributed by atoms with E-state index in [4.69, 9.17) is 20.4 Å². The molecule has 8 N–H and O–H groups in total. The largest absolute Gasteiger partial charge is 0.479 e. The lowest BCUT2D eigenvalue weighted by Gasteiger charge is -2.49. The van der Waals surface area contributed by atoms with Crippen LogP contribution in [0.4, 0.5) is 0 Å². The van der Waals surface area contributed by atoms with Crippen LogP contribution in [-0.2, 0) is 9.59 Å². The van der Waals surface area contributed by atoms with E-state index in [-0.39, 0.29) is 12.2 Å². The topological polar surface area (TPSA) is 196 Å². The number of hydrogen-bond acceptors (Lipinski definition) is 8. The highest BCUT2D eigenvalue weighted by Gasteiger charge is 2.78. The normalized spacial score (nSPS) is 37.2. The van der Waals surface area contributed by atoms with Crippen LogP contribution in [-0.4, -0.2) is 75.6 Å². The fourth-order valence-electron chi connectivity index (χ4n) is 1.54. The van der Waals surface area contributed by atoms with Gasteiger partial charge in [-0.3, -0.25) is 0 Å². The Labute approximate surface area is 98.3 Å². The van der Waals surface area contributed by atoms with Crippen LogP contribution in [0, 0.1) is 0 Å². The number of rotatable bonds is 2. The van der Waals surface area contributed by atoms with Crippen LogP contribution in [0.25, 0.3) is 0 Å². The van der Waals surface area contributed by atoms with Crippen molar-refractivity contribution in [2.45, 2.75) is 22.8 Å². The minimum absolute atomic E-state index is 0.0220. The van der Waals surface area contributed by atoms with E-state index >= 15 is 0 Å². The summed E-state index contributed by atoms with van der Waals surface area (Å²) in [5.41, 5.74) is -7.90. The average molecular weight is 266 g/mol. The maximum absolute atomic E-state index is 10.9. The molecule has 0 heterocycles. The molecule has 0 fully saturated rings. The van der Waals surface area contributed by atoms with E-state index < -0.39 is 34.7 Å². The fourth-order valence-corrected chi connectivity index (χ4v) is 1.54. The molecule has 0 saturated carbocycles. The van der Waals surface area contributed by atoms with Crippen LogP contribution < -0.4 is 0 Å². The van der Waals surface area contributed by atoms with Gasteiger partial charge < -0.3 is 40.9 Å². The smallest absolute Gasteiger partial charge is 0.345 e. The minimum Gasteiger partial charge on any atom is -0.479 e. The molecule has 0 spiro atoms. The summed E-state index contributed by atoms with van der Waals surface area (Å²) >= 11 is 0. The zero-order valence-electron chi connectivity index (χ0n) is 8.55. The van der Waals surface area contributed by atoms with Crippen LogP contribution in [0.3, 0.4) is 0 Å². The lowest BCUT2D eigenvalue weighted by molar-refractivity contribution is -0.406. The van der Waals surface area contributed by atoms with Crippen LogP contribution in [0.5, 0.6) is 0 Å². The summed E-state index contributed by atoms with van der Waals surface area (Å²) < 4.78 is 0. The van der Waals surface area contributed by atoms with Gasteiger partial charge >= 0.3 is 11.9 Å². The number of carboxylic acids is 2. The molecule has 1 aliphatic rings. The monoisotopic (exact) mass is 266 g/mol.